The zero-order chi connectivity index (χ0) is 17.5. The van der Waals surface area contributed by atoms with E-state index in [0.29, 0.717) is 0 Å². The summed E-state index contributed by atoms with van der Waals surface area (Å²) >= 11 is 0. The first-order valence-corrected chi connectivity index (χ1v) is 11.8. The first-order valence-electron chi connectivity index (χ1n) is 8.77. The van der Waals surface area contributed by atoms with E-state index in [9.17, 15) is 0 Å². The van der Waals surface area contributed by atoms with Gasteiger partial charge in [0, 0.05) is 17.1 Å². The van der Waals surface area contributed by atoms with Crippen molar-refractivity contribution in [2.45, 2.75) is 46.3 Å². The zero-order valence-electron chi connectivity index (χ0n) is 15.6. The van der Waals surface area contributed by atoms with Crippen LogP contribution in [-0.2, 0) is 0 Å². The molecule has 0 spiro atoms. The van der Waals surface area contributed by atoms with Crippen LogP contribution in [0, 0.1) is 13.8 Å². The standard InChI is InChI=1S/C22H27NSi/c1-15(2)24(5,6)20-7-8-21-18(14-20)9-10-23-22(21)19-12-16(3)11-17(4)13-19/h7-15H,1-6H3. The van der Waals surface area contributed by atoms with Crippen molar-refractivity contribution in [2.24, 2.45) is 0 Å². The first-order chi connectivity index (χ1) is 11.3. The molecule has 0 unspecified atom stereocenters. The highest BCUT2D eigenvalue weighted by molar-refractivity contribution is 6.91. The molecule has 0 aliphatic rings. The lowest BCUT2D eigenvalue weighted by atomic mass is 10.0. The molecule has 0 saturated carbocycles. The maximum atomic E-state index is 4.70. The Hall–Kier alpha value is -1.93. The zero-order valence-corrected chi connectivity index (χ0v) is 16.6. The second-order valence-electron chi connectivity index (χ2n) is 7.85. The molecule has 0 bridgehead atoms. The Morgan fingerprint density at radius 3 is 2.17 bits per heavy atom. The Labute approximate surface area is 146 Å². The van der Waals surface area contributed by atoms with Crippen molar-refractivity contribution in [1.82, 2.24) is 4.98 Å². The maximum absolute atomic E-state index is 4.70. The van der Waals surface area contributed by atoms with Gasteiger partial charge in [-0.2, -0.15) is 0 Å². The molecule has 0 N–H and O–H groups in total. The van der Waals surface area contributed by atoms with E-state index in [4.69, 9.17) is 4.98 Å². The average Bonchev–Trinajstić information content (AvgIpc) is 2.52. The minimum absolute atomic E-state index is 0.732. The van der Waals surface area contributed by atoms with Crippen LogP contribution in [-0.4, -0.2) is 13.1 Å². The predicted octanol–water partition coefficient (Wildman–Crippen LogP) is 5.84. The Kier molecular flexibility index (Phi) is 4.35. The molecular weight excluding hydrogens is 306 g/mol. The molecule has 2 aromatic carbocycles. The van der Waals surface area contributed by atoms with Gasteiger partial charge in [0.15, 0.2) is 0 Å². The number of nitrogens with zero attached hydrogens (tertiary/aromatic N) is 1. The van der Waals surface area contributed by atoms with Crippen LogP contribution in [0.15, 0.2) is 48.7 Å². The Morgan fingerprint density at radius 2 is 1.54 bits per heavy atom. The van der Waals surface area contributed by atoms with Gasteiger partial charge < -0.3 is 0 Å². The Morgan fingerprint density at radius 1 is 0.875 bits per heavy atom. The summed E-state index contributed by atoms with van der Waals surface area (Å²) in [4.78, 5) is 4.70. The fourth-order valence-corrected chi connectivity index (χ4v) is 4.96. The van der Waals surface area contributed by atoms with Crippen LogP contribution in [0.25, 0.3) is 22.0 Å². The smallest absolute Gasteiger partial charge is 0.0831 e. The average molecular weight is 334 g/mol. The number of hydrogen-bond donors (Lipinski definition) is 0. The monoisotopic (exact) mass is 333 g/mol. The van der Waals surface area contributed by atoms with E-state index in [2.05, 4.69) is 83.3 Å². The summed E-state index contributed by atoms with van der Waals surface area (Å²) in [6.45, 7) is 13.9. The number of fused-ring (bicyclic) bond motifs is 1. The molecule has 1 aromatic heterocycles. The van der Waals surface area contributed by atoms with Crippen molar-refractivity contribution < 1.29 is 0 Å². The van der Waals surface area contributed by atoms with Gasteiger partial charge >= 0.3 is 0 Å². The number of aryl methyl sites for hydroxylation is 2. The molecule has 0 amide bonds. The van der Waals surface area contributed by atoms with E-state index in [1.165, 1.54) is 32.6 Å². The second-order valence-corrected chi connectivity index (χ2v) is 13.0. The highest BCUT2D eigenvalue weighted by atomic mass is 28.3. The lowest BCUT2D eigenvalue weighted by Crippen LogP contribution is -2.44. The fourth-order valence-electron chi connectivity index (χ4n) is 3.25. The van der Waals surface area contributed by atoms with Crippen molar-refractivity contribution in [2.75, 3.05) is 0 Å². The van der Waals surface area contributed by atoms with Crippen molar-refractivity contribution in [3.05, 3.63) is 59.8 Å². The lowest BCUT2D eigenvalue weighted by molar-refractivity contribution is 1.02. The summed E-state index contributed by atoms with van der Waals surface area (Å²) < 4.78 is 0. The van der Waals surface area contributed by atoms with Crippen LogP contribution < -0.4 is 5.19 Å². The molecular formula is C22H27NSi. The molecule has 0 fully saturated rings. The second kappa shape index (κ2) is 6.17. The van der Waals surface area contributed by atoms with Crippen molar-refractivity contribution in [3.63, 3.8) is 0 Å². The summed E-state index contributed by atoms with van der Waals surface area (Å²) in [5.74, 6) is 0. The Balaban J connectivity index is 2.19. The number of rotatable bonds is 3. The number of pyridine rings is 1. The van der Waals surface area contributed by atoms with Gasteiger partial charge in [0.05, 0.1) is 13.8 Å². The van der Waals surface area contributed by atoms with Gasteiger partial charge in [0.2, 0.25) is 0 Å². The quantitative estimate of drug-likeness (QED) is 0.548. The highest BCUT2D eigenvalue weighted by Gasteiger charge is 2.27. The van der Waals surface area contributed by atoms with Crippen LogP contribution in [0.1, 0.15) is 25.0 Å². The highest BCUT2D eigenvalue weighted by Crippen LogP contribution is 2.29. The van der Waals surface area contributed by atoms with Crippen LogP contribution in [0.5, 0.6) is 0 Å². The number of benzene rings is 2. The van der Waals surface area contributed by atoms with Gasteiger partial charge in [-0.15, -0.1) is 0 Å². The third-order valence-corrected chi connectivity index (χ3v) is 10.1. The molecule has 0 radical (unpaired) electrons. The van der Waals surface area contributed by atoms with Crippen molar-refractivity contribution in [3.8, 4) is 11.3 Å². The van der Waals surface area contributed by atoms with Gasteiger partial charge in [0.25, 0.3) is 0 Å². The van der Waals surface area contributed by atoms with E-state index in [1.54, 1.807) is 0 Å². The summed E-state index contributed by atoms with van der Waals surface area (Å²) in [6.07, 6.45) is 1.95. The van der Waals surface area contributed by atoms with Crippen molar-refractivity contribution >= 4 is 24.0 Å². The van der Waals surface area contributed by atoms with Crippen molar-refractivity contribution in [1.29, 1.82) is 0 Å². The molecule has 2 heteroatoms. The summed E-state index contributed by atoms with van der Waals surface area (Å²) in [5, 5.41) is 4.08. The molecule has 0 aliphatic carbocycles. The normalized spacial score (nSPS) is 12.1. The van der Waals surface area contributed by atoms with Gasteiger partial charge in [-0.3, -0.25) is 4.98 Å². The minimum atomic E-state index is -1.41. The predicted molar refractivity (Wildman–Crippen MR) is 109 cm³/mol. The summed E-state index contributed by atoms with van der Waals surface area (Å²) in [5.41, 5.74) is 5.61. The maximum Gasteiger partial charge on any atom is 0.0831 e. The summed E-state index contributed by atoms with van der Waals surface area (Å²) in [7, 11) is -1.41. The van der Waals surface area contributed by atoms with Crippen LogP contribution in [0.2, 0.25) is 18.6 Å². The molecule has 1 nitrogen and oxygen atoms in total. The van der Waals surface area contributed by atoms with Crippen LogP contribution >= 0.6 is 0 Å². The van der Waals surface area contributed by atoms with E-state index in [1.807, 2.05) is 6.20 Å². The molecule has 0 aliphatic heterocycles. The third-order valence-electron chi connectivity index (χ3n) is 5.45. The Bertz CT molecular complexity index is 873. The fraction of sp³-hybridized carbons (Fsp3) is 0.318. The largest absolute Gasteiger partial charge is 0.256 e. The molecule has 24 heavy (non-hydrogen) atoms. The van der Waals surface area contributed by atoms with Crippen LogP contribution in [0.4, 0.5) is 0 Å². The number of hydrogen-bond acceptors (Lipinski definition) is 1. The summed E-state index contributed by atoms with van der Waals surface area (Å²) in [6, 6.07) is 15.8. The van der Waals surface area contributed by atoms with E-state index in [0.717, 1.165) is 11.2 Å². The van der Waals surface area contributed by atoms with Gasteiger partial charge in [-0.25, -0.2) is 0 Å². The molecule has 3 rings (SSSR count). The molecule has 124 valence electrons. The lowest BCUT2D eigenvalue weighted by Gasteiger charge is -2.28. The van der Waals surface area contributed by atoms with Gasteiger partial charge in [-0.1, -0.05) is 67.5 Å². The molecule has 1 heterocycles. The number of aromatic nitrogens is 1. The topological polar surface area (TPSA) is 12.9 Å². The van der Waals surface area contributed by atoms with Gasteiger partial charge in [-0.05, 0) is 43.0 Å². The van der Waals surface area contributed by atoms with E-state index >= 15 is 0 Å². The van der Waals surface area contributed by atoms with Crippen LogP contribution in [0.3, 0.4) is 0 Å². The van der Waals surface area contributed by atoms with Gasteiger partial charge in [0.1, 0.15) is 0 Å². The van der Waals surface area contributed by atoms with E-state index in [-0.39, 0.29) is 0 Å². The SMILES string of the molecule is Cc1cc(C)cc(-c2nccc3cc([Si](C)(C)C(C)C)ccc23)c1. The molecule has 0 saturated heterocycles. The molecule has 3 aromatic rings. The molecule has 0 atom stereocenters. The van der Waals surface area contributed by atoms with E-state index < -0.39 is 8.07 Å². The third kappa shape index (κ3) is 3.03. The first kappa shape index (κ1) is 16.9. The minimum Gasteiger partial charge on any atom is -0.256 e.